The Labute approximate surface area is 140 Å². The fraction of sp³-hybridized carbons (Fsp3) is 0.533. The maximum atomic E-state index is 10.6. The minimum Gasteiger partial charge on any atom is -0.492 e. The topological polar surface area (TPSA) is 75.8 Å². The second kappa shape index (κ2) is 9.77. The molecule has 124 valence electrons. The number of halogens is 2. The lowest BCUT2D eigenvalue weighted by Gasteiger charge is -2.24. The van der Waals surface area contributed by atoms with E-state index in [1.165, 1.54) is 0 Å². The summed E-state index contributed by atoms with van der Waals surface area (Å²) >= 11 is 11.6. The Balaban J connectivity index is 2.70. The quantitative estimate of drug-likeness (QED) is 0.635. The van der Waals surface area contributed by atoms with Gasteiger partial charge in [-0.1, -0.05) is 0 Å². The molecule has 1 aromatic carbocycles. The van der Waals surface area contributed by atoms with E-state index < -0.39 is 12.0 Å². The van der Waals surface area contributed by atoms with E-state index in [0.717, 1.165) is 24.3 Å². The van der Waals surface area contributed by atoms with Crippen molar-refractivity contribution in [3.63, 3.8) is 0 Å². The van der Waals surface area contributed by atoms with Gasteiger partial charge in [0.25, 0.3) is 0 Å². The summed E-state index contributed by atoms with van der Waals surface area (Å²) in [6, 6.07) is 5.26. The van der Waals surface area contributed by atoms with Crippen LogP contribution in [0.4, 0.5) is 5.69 Å². The first-order valence-electron chi connectivity index (χ1n) is 7.05. The Bertz CT molecular complexity index is 480. The van der Waals surface area contributed by atoms with Crippen LogP contribution in [0, 0.1) is 6.92 Å². The summed E-state index contributed by atoms with van der Waals surface area (Å²) in [5.41, 5.74) is 7.67. The number of nitrogens with two attached hydrogens (primary N) is 1. The number of aliphatic carboxylic acids is 1. The summed E-state index contributed by atoms with van der Waals surface area (Å²) in [7, 11) is 0. The molecule has 1 rings (SSSR count). The fourth-order valence-electron chi connectivity index (χ4n) is 2.05. The molecule has 0 saturated heterocycles. The number of hydrogen-bond donors (Lipinski definition) is 2. The molecule has 0 aliphatic carbocycles. The molecule has 0 aromatic heterocycles. The van der Waals surface area contributed by atoms with Crippen LogP contribution >= 0.6 is 23.2 Å². The van der Waals surface area contributed by atoms with Crippen LogP contribution in [-0.4, -0.2) is 48.6 Å². The van der Waals surface area contributed by atoms with Gasteiger partial charge in [0.1, 0.15) is 12.4 Å². The third-order valence-electron chi connectivity index (χ3n) is 3.12. The van der Waals surface area contributed by atoms with E-state index in [4.69, 9.17) is 38.8 Å². The van der Waals surface area contributed by atoms with E-state index in [2.05, 4.69) is 4.90 Å². The largest absolute Gasteiger partial charge is 0.492 e. The Morgan fingerprint density at radius 2 is 2.00 bits per heavy atom. The van der Waals surface area contributed by atoms with E-state index >= 15 is 0 Å². The van der Waals surface area contributed by atoms with Crippen LogP contribution in [0.2, 0.25) is 0 Å². The highest BCUT2D eigenvalue weighted by molar-refractivity contribution is 6.18. The predicted molar refractivity (Wildman–Crippen MR) is 90.6 cm³/mol. The number of hydrogen-bond acceptors (Lipinski definition) is 4. The van der Waals surface area contributed by atoms with Crippen molar-refractivity contribution in [1.29, 1.82) is 0 Å². The molecule has 0 amide bonds. The molecule has 0 saturated carbocycles. The predicted octanol–water partition coefficient (Wildman–Crippen LogP) is 2.46. The number of alkyl halides is 2. The number of aryl methyl sites for hydroxylation is 1. The molecule has 0 aliphatic rings. The van der Waals surface area contributed by atoms with E-state index in [-0.39, 0.29) is 13.0 Å². The molecule has 5 nitrogen and oxygen atoms in total. The van der Waals surface area contributed by atoms with Crippen LogP contribution in [0.15, 0.2) is 18.2 Å². The van der Waals surface area contributed by atoms with Gasteiger partial charge < -0.3 is 20.5 Å². The summed E-state index contributed by atoms with van der Waals surface area (Å²) in [6.07, 6.45) is -0.115. The van der Waals surface area contributed by atoms with Crippen molar-refractivity contribution in [2.24, 2.45) is 5.73 Å². The monoisotopic (exact) mass is 348 g/mol. The van der Waals surface area contributed by atoms with Gasteiger partial charge in [-0.3, -0.25) is 4.79 Å². The summed E-state index contributed by atoms with van der Waals surface area (Å²) in [5, 5.41) is 8.67. The number of carbonyl (C=O) groups is 1. The van der Waals surface area contributed by atoms with Gasteiger partial charge in [0, 0.05) is 36.6 Å². The van der Waals surface area contributed by atoms with E-state index in [9.17, 15) is 4.79 Å². The number of nitrogens with zero attached hydrogens (tertiary/aromatic N) is 1. The summed E-state index contributed by atoms with van der Waals surface area (Å²) in [5.74, 6) is 0.818. The van der Waals surface area contributed by atoms with Gasteiger partial charge in [0.2, 0.25) is 0 Å². The van der Waals surface area contributed by atoms with Gasteiger partial charge in [-0.25, -0.2) is 0 Å². The van der Waals surface area contributed by atoms with Gasteiger partial charge in [0.05, 0.1) is 6.42 Å². The van der Waals surface area contributed by atoms with Crippen LogP contribution in [-0.2, 0) is 4.79 Å². The first-order chi connectivity index (χ1) is 10.5. The first kappa shape index (κ1) is 18.9. The van der Waals surface area contributed by atoms with Crippen molar-refractivity contribution < 1.29 is 14.6 Å². The number of anilines is 1. The van der Waals surface area contributed by atoms with Crippen LogP contribution in [0.25, 0.3) is 0 Å². The van der Waals surface area contributed by atoms with Crippen molar-refractivity contribution in [3.8, 4) is 5.75 Å². The van der Waals surface area contributed by atoms with Gasteiger partial charge in [0.15, 0.2) is 0 Å². The molecule has 22 heavy (non-hydrogen) atoms. The van der Waals surface area contributed by atoms with Crippen LogP contribution in [0.1, 0.15) is 12.0 Å². The molecule has 0 aliphatic heterocycles. The maximum Gasteiger partial charge on any atom is 0.305 e. The highest BCUT2D eigenvalue weighted by Gasteiger charge is 2.11. The lowest BCUT2D eigenvalue weighted by molar-refractivity contribution is -0.137. The number of benzene rings is 1. The van der Waals surface area contributed by atoms with E-state index in [1.807, 2.05) is 25.1 Å². The number of carboxylic acid groups (broad SMARTS) is 1. The number of carboxylic acids is 1. The van der Waals surface area contributed by atoms with Crippen molar-refractivity contribution in [2.45, 2.75) is 19.4 Å². The molecule has 0 heterocycles. The van der Waals surface area contributed by atoms with Crippen molar-refractivity contribution in [1.82, 2.24) is 0 Å². The third kappa shape index (κ3) is 6.30. The van der Waals surface area contributed by atoms with Crippen molar-refractivity contribution in [3.05, 3.63) is 23.8 Å². The second-order valence-electron chi connectivity index (χ2n) is 4.98. The normalized spacial score (nSPS) is 12.0. The molecule has 0 radical (unpaired) electrons. The molecule has 7 heteroatoms. The summed E-state index contributed by atoms with van der Waals surface area (Å²) in [6.45, 7) is 3.54. The third-order valence-corrected chi connectivity index (χ3v) is 3.46. The van der Waals surface area contributed by atoms with Gasteiger partial charge in [-0.2, -0.15) is 0 Å². The van der Waals surface area contributed by atoms with Crippen molar-refractivity contribution >= 4 is 34.9 Å². The van der Waals surface area contributed by atoms with Crippen LogP contribution < -0.4 is 15.4 Å². The summed E-state index contributed by atoms with van der Waals surface area (Å²) in [4.78, 5) is 12.7. The average Bonchev–Trinajstić information content (AvgIpc) is 2.45. The van der Waals surface area contributed by atoms with E-state index in [0.29, 0.717) is 17.5 Å². The zero-order valence-electron chi connectivity index (χ0n) is 12.6. The van der Waals surface area contributed by atoms with Gasteiger partial charge in [-0.05, 0) is 30.7 Å². The van der Waals surface area contributed by atoms with E-state index in [1.54, 1.807) is 0 Å². The average molecular weight is 349 g/mol. The zero-order valence-corrected chi connectivity index (χ0v) is 14.1. The molecular weight excluding hydrogens is 327 g/mol. The molecule has 1 aromatic rings. The fourth-order valence-corrected chi connectivity index (χ4v) is 2.45. The zero-order chi connectivity index (χ0) is 16.5. The molecule has 3 N–H and O–H groups in total. The van der Waals surface area contributed by atoms with Gasteiger partial charge >= 0.3 is 5.97 Å². The second-order valence-corrected chi connectivity index (χ2v) is 5.74. The summed E-state index contributed by atoms with van der Waals surface area (Å²) < 4.78 is 5.60. The van der Waals surface area contributed by atoms with Gasteiger partial charge in [-0.15, -0.1) is 23.2 Å². The highest BCUT2D eigenvalue weighted by atomic mass is 35.5. The molecular formula is C15H22Cl2N2O3. The molecule has 1 atom stereocenters. The lowest BCUT2D eigenvalue weighted by atomic mass is 10.1. The van der Waals surface area contributed by atoms with Crippen LogP contribution in [0.3, 0.4) is 0 Å². The Morgan fingerprint density at radius 3 is 2.50 bits per heavy atom. The minimum absolute atomic E-state index is 0.115. The van der Waals surface area contributed by atoms with Crippen molar-refractivity contribution in [2.75, 3.05) is 36.4 Å². The Morgan fingerprint density at radius 1 is 1.36 bits per heavy atom. The number of ether oxygens (including phenoxy) is 1. The molecule has 0 spiro atoms. The first-order valence-corrected chi connectivity index (χ1v) is 8.12. The molecule has 0 unspecified atom stereocenters. The lowest BCUT2D eigenvalue weighted by Crippen LogP contribution is -2.30. The Kier molecular flexibility index (Phi) is 8.38. The molecule has 0 bridgehead atoms. The minimum atomic E-state index is -0.930. The standard InChI is InChI=1S/C15H22Cl2N2O3/c1-11-8-13(19(6-4-16)7-5-17)2-3-14(11)22-10-12(18)9-15(20)21/h2-3,8,12H,4-7,9-10,18H2,1H3,(H,20,21)/t12-/m1/s1. The highest BCUT2D eigenvalue weighted by Crippen LogP contribution is 2.24. The smallest absolute Gasteiger partial charge is 0.305 e. The SMILES string of the molecule is Cc1cc(N(CCCl)CCCl)ccc1OC[C@H](N)CC(=O)O. The molecule has 0 fully saturated rings. The van der Waals surface area contributed by atoms with Crippen LogP contribution in [0.5, 0.6) is 5.75 Å². The Hall–Kier alpha value is -1.17. The maximum absolute atomic E-state index is 10.6. The number of rotatable bonds is 10.